The standard InChI is InChI=1S/C14H21NO2/c1-3-4-5-6-10-15-14(17)12-8-7-9-13(16)11(12)2/h7-9,16H,3-6,10H2,1-2H3,(H,15,17). The predicted octanol–water partition coefficient (Wildman–Crippen LogP) is 3.01. The molecule has 0 radical (unpaired) electrons. The van der Waals surface area contributed by atoms with Crippen LogP contribution in [0.1, 0.15) is 48.5 Å². The van der Waals surface area contributed by atoms with Gasteiger partial charge in [-0.2, -0.15) is 0 Å². The minimum atomic E-state index is -0.102. The molecule has 0 atom stereocenters. The van der Waals surface area contributed by atoms with E-state index >= 15 is 0 Å². The molecule has 3 heteroatoms. The van der Waals surface area contributed by atoms with E-state index in [2.05, 4.69) is 12.2 Å². The van der Waals surface area contributed by atoms with Crippen molar-refractivity contribution >= 4 is 5.91 Å². The molecule has 0 spiro atoms. The number of aromatic hydroxyl groups is 1. The summed E-state index contributed by atoms with van der Waals surface area (Å²) in [4.78, 5) is 11.8. The molecule has 0 unspecified atom stereocenters. The maximum absolute atomic E-state index is 11.8. The maximum Gasteiger partial charge on any atom is 0.251 e. The number of phenolic OH excluding ortho intramolecular Hbond substituents is 1. The van der Waals surface area contributed by atoms with Crippen LogP contribution in [0.3, 0.4) is 0 Å². The van der Waals surface area contributed by atoms with Gasteiger partial charge in [-0.15, -0.1) is 0 Å². The number of carbonyl (C=O) groups excluding carboxylic acids is 1. The first-order chi connectivity index (χ1) is 8.16. The molecule has 0 aliphatic heterocycles. The van der Waals surface area contributed by atoms with Crippen LogP contribution < -0.4 is 5.32 Å². The smallest absolute Gasteiger partial charge is 0.251 e. The van der Waals surface area contributed by atoms with E-state index in [1.807, 2.05) is 0 Å². The Morgan fingerprint density at radius 1 is 1.29 bits per heavy atom. The van der Waals surface area contributed by atoms with Gasteiger partial charge in [0.25, 0.3) is 5.91 Å². The molecule has 1 aromatic rings. The van der Waals surface area contributed by atoms with Crippen LogP contribution in [-0.4, -0.2) is 17.6 Å². The molecule has 1 amide bonds. The van der Waals surface area contributed by atoms with Gasteiger partial charge < -0.3 is 10.4 Å². The molecule has 2 N–H and O–H groups in total. The summed E-state index contributed by atoms with van der Waals surface area (Å²) in [5.41, 5.74) is 1.19. The topological polar surface area (TPSA) is 49.3 Å². The first kappa shape index (κ1) is 13.6. The molecular formula is C14H21NO2. The number of hydrogen-bond donors (Lipinski definition) is 2. The summed E-state index contributed by atoms with van der Waals surface area (Å²) < 4.78 is 0. The van der Waals surface area contributed by atoms with Gasteiger partial charge in [0.2, 0.25) is 0 Å². The van der Waals surface area contributed by atoms with Crippen molar-refractivity contribution in [1.82, 2.24) is 5.32 Å². The van der Waals surface area contributed by atoms with Gasteiger partial charge in [-0.1, -0.05) is 32.3 Å². The zero-order valence-corrected chi connectivity index (χ0v) is 10.6. The van der Waals surface area contributed by atoms with Gasteiger partial charge in [0, 0.05) is 17.7 Å². The van der Waals surface area contributed by atoms with Crippen LogP contribution in [0.25, 0.3) is 0 Å². The Labute approximate surface area is 103 Å². The fourth-order valence-corrected chi connectivity index (χ4v) is 1.72. The molecular weight excluding hydrogens is 214 g/mol. The highest BCUT2D eigenvalue weighted by Crippen LogP contribution is 2.19. The van der Waals surface area contributed by atoms with Crippen molar-refractivity contribution in [1.29, 1.82) is 0 Å². The Morgan fingerprint density at radius 2 is 2.06 bits per heavy atom. The number of nitrogens with one attached hydrogen (secondary N) is 1. The Kier molecular flexibility index (Phi) is 5.53. The highest BCUT2D eigenvalue weighted by Gasteiger charge is 2.10. The molecule has 0 saturated carbocycles. The third kappa shape index (κ3) is 4.10. The van der Waals surface area contributed by atoms with E-state index in [4.69, 9.17) is 0 Å². The molecule has 1 rings (SSSR count). The second kappa shape index (κ2) is 6.94. The summed E-state index contributed by atoms with van der Waals surface area (Å²) in [6.45, 7) is 4.62. The number of hydrogen-bond acceptors (Lipinski definition) is 2. The summed E-state index contributed by atoms with van der Waals surface area (Å²) >= 11 is 0. The van der Waals surface area contributed by atoms with E-state index in [0.717, 1.165) is 12.8 Å². The fourth-order valence-electron chi connectivity index (χ4n) is 1.72. The number of rotatable bonds is 6. The number of amides is 1. The average Bonchev–Trinajstić information content (AvgIpc) is 2.32. The minimum absolute atomic E-state index is 0.102. The number of unbranched alkanes of at least 4 members (excludes halogenated alkanes) is 3. The van der Waals surface area contributed by atoms with Gasteiger partial charge in [0.05, 0.1) is 0 Å². The molecule has 0 aliphatic carbocycles. The van der Waals surface area contributed by atoms with E-state index in [1.54, 1.807) is 25.1 Å². The third-order valence-corrected chi connectivity index (χ3v) is 2.87. The van der Waals surface area contributed by atoms with Gasteiger partial charge >= 0.3 is 0 Å². The number of phenols is 1. The highest BCUT2D eigenvalue weighted by molar-refractivity contribution is 5.96. The van der Waals surface area contributed by atoms with Crippen LogP contribution in [0.2, 0.25) is 0 Å². The lowest BCUT2D eigenvalue weighted by molar-refractivity contribution is 0.0952. The second-order valence-corrected chi connectivity index (χ2v) is 4.27. The predicted molar refractivity (Wildman–Crippen MR) is 69.3 cm³/mol. The molecule has 0 saturated heterocycles. The fraction of sp³-hybridized carbons (Fsp3) is 0.500. The van der Waals surface area contributed by atoms with Crippen LogP contribution in [0.4, 0.5) is 0 Å². The molecule has 0 aliphatic rings. The molecule has 17 heavy (non-hydrogen) atoms. The zero-order valence-electron chi connectivity index (χ0n) is 10.6. The lowest BCUT2D eigenvalue weighted by Crippen LogP contribution is -2.25. The first-order valence-corrected chi connectivity index (χ1v) is 6.23. The highest BCUT2D eigenvalue weighted by atomic mass is 16.3. The lowest BCUT2D eigenvalue weighted by Gasteiger charge is -2.08. The van der Waals surface area contributed by atoms with E-state index in [0.29, 0.717) is 17.7 Å². The Bertz CT molecular complexity index is 374. The van der Waals surface area contributed by atoms with Crippen molar-refractivity contribution in [3.63, 3.8) is 0 Å². The van der Waals surface area contributed by atoms with E-state index < -0.39 is 0 Å². The summed E-state index contributed by atoms with van der Waals surface area (Å²) in [5.74, 6) is 0.0681. The molecule has 3 nitrogen and oxygen atoms in total. The van der Waals surface area contributed by atoms with Crippen LogP contribution in [0.5, 0.6) is 5.75 Å². The van der Waals surface area contributed by atoms with Crippen LogP contribution in [0, 0.1) is 6.92 Å². The quantitative estimate of drug-likeness (QED) is 0.745. The molecule has 94 valence electrons. The minimum Gasteiger partial charge on any atom is -0.508 e. The summed E-state index contributed by atoms with van der Waals surface area (Å²) in [5, 5.41) is 12.4. The van der Waals surface area contributed by atoms with E-state index in [-0.39, 0.29) is 11.7 Å². The lowest BCUT2D eigenvalue weighted by atomic mass is 10.1. The van der Waals surface area contributed by atoms with Crippen molar-refractivity contribution in [2.24, 2.45) is 0 Å². The third-order valence-electron chi connectivity index (χ3n) is 2.87. The van der Waals surface area contributed by atoms with Crippen LogP contribution in [-0.2, 0) is 0 Å². The van der Waals surface area contributed by atoms with Crippen molar-refractivity contribution in [2.45, 2.75) is 39.5 Å². The maximum atomic E-state index is 11.8. The second-order valence-electron chi connectivity index (χ2n) is 4.27. The molecule has 0 fully saturated rings. The average molecular weight is 235 g/mol. The Balaban J connectivity index is 2.44. The zero-order chi connectivity index (χ0) is 12.7. The normalized spacial score (nSPS) is 10.2. The molecule has 0 heterocycles. The molecule has 0 bridgehead atoms. The largest absolute Gasteiger partial charge is 0.508 e. The van der Waals surface area contributed by atoms with Crippen molar-refractivity contribution in [3.8, 4) is 5.75 Å². The van der Waals surface area contributed by atoms with Gasteiger partial charge in [0.1, 0.15) is 5.75 Å². The number of carbonyl (C=O) groups is 1. The number of benzene rings is 1. The van der Waals surface area contributed by atoms with Crippen LogP contribution in [0.15, 0.2) is 18.2 Å². The van der Waals surface area contributed by atoms with E-state index in [9.17, 15) is 9.90 Å². The van der Waals surface area contributed by atoms with Gasteiger partial charge in [-0.3, -0.25) is 4.79 Å². The monoisotopic (exact) mass is 235 g/mol. The Morgan fingerprint density at radius 3 is 2.76 bits per heavy atom. The molecule has 0 aromatic heterocycles. The van der Waals surface area contributed by atoms with Gasteiger partial charge in [-0.05, 0) is 25.5 Å². The van der Waals surface area contributed by atoms with Crippen molar-refractivity contribution in [3.05, 3.63) is 29.3 Å². The van der Waals surface area contributed by atoms with Crippen molar-refractivity contribution < 1.29 is 9.90 Å². The summed E-state index contributed by atoms with van der Waals surface area (Å²) in [6, 6.07) is 5.01. The van der Waals surface area contributed by atoms with Gasteiger partial charge in [0.15, 0.2) is 0 Å². The van der Waals surface area contributed by atoms with E-state index in [1.165, 1.54) is 12.8 Å². The SMILES string of the molecule is CCCCCCNC(=O)c1cccc(O)c1C. The van der Waals surface area contributed by atoms with Crippen molar-refractivity contribution in [2.75, 3.05) is 6.54 Å². The summed E-state index contributed by atoms with van der Waals surface area (Å²) in [6.07, 6.45) is 4.56. The van der Waals surface area contributed by atoms with Crippen LogP contribution >= 0.6 is 0 Å². The summed E-state index contributed by atoms with van der Waals surface area (Å²) in [7, 11) is 0. The first-order valence-electron chi connectivity index (χ1n) is 6.23. The van der Waals surface area contributed by atoms with Gasteiger partial charge in [-0.25, -0.2) is 0 Å². The molecule has 1 aromatic carbocycles. The Hall–Kier alpha value is -1.51.